The van der Waals surface area contributed by atoms with Crippen molar-refractivity contribution in [3.8, 4) is 17.0 Å². The van der Waals surface area contributed by atoms with Crippen LogP contribution >= 0.6 is 0 Å². The van der Waals surface area contributed by atoms with Crippen molar-refractivity contribution >= 4 is 5.91 Å². The van der Waals surface area contributed by atoms with E-state index in [-0.39, 0.29) is 5.91 Å². The monoisotopic (exact) mass is 340 g/mol. The van der Waals surface area contributed by atoms with Gasteiger partial charge in [-0.3, -0.25) is 9.89 Å². The number of nitrogens with one attached hydrogen (secondary N) is 2. The number of ether oxygens (including phenoxy) is 1. The van der Waals surface area contributed by atoms with Gasteiger partial charge in [0, 0.05) is 18.7 Å². The molecule has 0 spiro atoms. The molecule has 3 saturated heterocycles. The normalized spacial score (nSPS) is 24.9. The fraction of sp³-hybridized carbons (Fsp3) is 0.474. The molecule has 0 radical (unpaired) electrons. The zero-order chi connectivity index (χ0) is 17.2. The van der Waals surface area contributed by atoms with Crippen molar-refractivity contribution in [2.45, 2.75) is 12.8 Å². The number of rotatable bonds is 5. The molecule has 6 heteroatoms. The van der Waals surface area contributed by atoms with Gasteiger partial charge in [-0.2, -0.15) is 5.10 Å². The van der Waals surface area contributed by atoms with Crippen LogP contribution in [0.25, 0.3) is 11.3 Å². The highest BCUT2D eigenvalue weighted by Gasteiger charge is 2.34. The second-order valence-corrected chi connectivity index (χ2v) is 7.01. The Balaban J connectivity index is 1.39. The number of carbonyl (C=O) groups is 1. The molecule has 4 heterocycles. The lowest BCUT2D eigenvalue weighted by Gasteiger charge is -2.44. The molecule has 5 rings (SSSR count). The number of benzene rings is 1. The number of nitrogens with zero attached hydrogens (tertiary/aromatic N) is 2. The van der Waals surface area contributed by atoms with E-state index in [9.17, 15) is 4.79 Å². The van der Waals surface area contributed by atoms with Crippen LogP contribution in [0.1, 0.15) is 23.3 Å². The maximum Gasteiger partial charge on any atom is 0.269 e. The lowest BCUT2D eigenvalue weighted by Crippen LogP contribution is -2.50. The van der Waals surface area contributed by atoms with E-state index in [0.29, 0.717) is 11.6 Å². The van der Waals surface area contributed by atoms with E-state index in [4.69, 9.17) is 4.74 Å². The molecule has 3 aliphatic rings. The predicted octanol–water partition coefficient (Wildman–Crippen LogP) is 2.16. The number of aromatic nitrogens is 2. The molecule has 3 fully saturated rings. The van der Waals surface area contributed by atoms with Crippen LogP contribution in [-0.2, 0) is 0 Å². The van der Waals surface area contributed by atoms with Crippen molar-refractivity contribution in [3.63, 3.8) is 0 Å². The number of hydrogen-bond donors (Lipinski definition) is 2. The molecule has 1 aromatic carbocycles. The molecule has 1 unspecified atom stereocenters. The number of aromatic amines is 1. The molecule has 1 atom stereocenters. The summed E-state index contributed by atoms with van der Waals surface area (Å²) >= 11 is 0. The third-order valence-electron chi connectivity index (χ3n) is 5.50. The van der Waals surface area contributed by atoms with E-state index in [1.54, 1.807) is 13.2 Å². The number of fused-ring (bicyclic) bond motifs is 3. The lowest BCUT2D eigenvalue weighted by molar-refractivity contribution is 0.0495. The summed E-state index contributed by atoms with van der Waals surface area (Å²) in [7, 11) is 1.64. The summed E-state index contributed by atoms with van der Waals surface area (Å²) in [5.41, 5.74) is 2.16. The van der Waals surface area contributed by atoms with Crippen molar-refractivity contribution < 1.29 is 9.53 Å². The molecular formula is C19H24N4O2. The first-order valence-corrected chi connectivity index (χ1v) is 8.93. The number of H-pyrrole nitrogens is 1. The Labute approximate surface area is 147 Å². The summed E-state index contributed by atoms with van der Waals surface area (Å²) in [6, 6.07) is 9.45. The quantitative estimate of drug-likeness (QED) is 0.875. The number of hydrogen-bond acceptors (Lipinski definition) is 4. The van der Waals surface area contributed by atoms with Crippen LogP contribution < -0.4 is 10.1 Å². The summed E-state index contributed by atoms with van der Waals surface area (Å²) < 4.78 is 5.24. The Morgan fingerprint density at radius 3 is 2.92 bits per heavy atom. The molecule has 6 nitrogen and oxygen atoms in total. The Morgan fingerprint density at radius 1 is 1.36 bits per heavy atom. The minimum Gasteiger partial charge on any atom is -0.497 e. The van der Waals surface area contributed by atoms with Crippen LogP contribution in [0.4, 0.5) is 0 Å². The average Bonchev–Trinajstić information content (AvgIpc) is 3.17. The third-order valence-corrected chi connectivity index (χ3v) is 5.50. The lowest BCUT2D eigenvalue weighted by atomic mass is 9.79. The third kappa shape index (κ3) is 3.39. The van der Waals surface area contributed by atoms with E-state index in [1.165, 1.54) is 25.9 Å². The second-order valence-electron chi connectivity index (χ2n) is 7.01. The molecule has 2 bridgehead atoms. The van der Waals surface area contributed by atoms with E-state index < -0.39 is 0 Å². The van der Waals surface area contributed by atoms with Crippen LogP contribution in [0, 0.1) is 11.8 Å². The number of carbonyl (C=O) groups excluding carboxylic acids is 1. The zero-order valence-corrected chi connectivity index (χ0v) is 14.5. The van der Waals surface area contributed by atoms with Gasteiger partial charge in [0.15, 0.2) is 0 Å². The van der Waals surface area contributed by atoms with Crippen LogP contribution in [0.15, 0.2) is 30.3 Å². The highest BCUT2D eigenvalue weighted by Crippen LogP contribution is 2.31. The fourth-order valence-corrected chi connectivity index (χ4v) is 4.01. The summed E-state index contributed by atoms with van der Waals surface area (Å²) in [4.78, 5) is 14.9. The van der Waals surface area contributed by atoms with Gasteiger partial charge in [0.05, 0.1) is 12.8 Å². The molecule has 2 N–H and O–H groups in total. The van der Waals surface area contributed by atoms with Crippen LogP contribution in [0.5, 0.6) is 5.75 Å². The van der Waals surface area contributed by atoms with Crippen LogP contribution in [-0.4, -0.2) is 54.3 Å². The van der Waals surface area contributed by atoms with Gasteiger partial charge in [-0.05, 0) is 56.0 Å². The maximum atomic E-state index is 12.4. The largest absolute Gasteiger partial charge is 0.497 e. The smallest absolute Gasteiger partial charge is 0.269 e. The minimum absolute atomic E-state index is 0.0851. The topological polar surface area (TPSA) is 70.2 Å². The summed E-state index contributed by atoms with van der Waals surface area (Å²) in [6.45, 7) is 4.30. The Bertz CT molecular complexity index is 749. The predicted molar refractivity (Wildman–Crippen MR) is 95.6 cm³/mol. The van der Waals surface area contributed by atoms with Crippen molar-refractivity contribution in [1.82, 2.24) is 20.4 Å². The van der Waals surface area contributed by atoms with E-state index in [1.807, 2.05) is 24.3 Å². The molecule has 25 heavy (non-hydrogen) atoms. The molecule has 2 aromatic rings. The summed E-state index contributed by atoms with van der Waals surface area (Å²) in [6.07, 6.45) is 2.54. The van der Waals surface area contributed by atoms with Crippen molar-refractivity contribution in [2.75, 3.05) is 33.3 Å². The number of methoxy groups -OCH3 is 1. The Morgan fingerprint density at radius 2 is 2.20 bits per heavy atom. The SMILES string of the molecule is COc1cccc(-c2cc(C(=O)NCC3CN4CCC3CC4)[nH]n2)c1. The molecule has 3 aliphatic heterocycles. The van der Waals surface area contributed by atoms with Gasteiger partial charge in [0.2, 0.25) is 0 Å². The Hall–Kier alpha value is -2.34. The first-order chi connectivity index (χ1) is 12.2. The molecule has 0 saturated carbocycles. The Kier molecular flexibility index (Phi) is 4.44. The average molecular weight is 340 g/mol. The minimum atomic E-state index is -0.0851. The van der Waals surface area contributed by atoms with Gasteiger partial charge in [-0.1, -0.05) is 12.1 Å². The van der Waals surface area contributed by atoms with Crippen molar-refractivity contribution in [2.24, 2.45) is 11.8 Å². The fourth-order valence-electron chi connectivity index (χ4n) is 4.01. The van der Waals surface area contributed by atoms with Gasteiger partial charge in [0.1, 0.15) is 11.4 Å². The molecule has 132 valence electrons. The summed E-state index contributed by atoms with van der Waals surface area (Å²) in [5, 5.41) is 10.2. The first kappa shape index (κ1) is 16.1. The number of amides is 1. The zero-order valence-electron chi connectivity index (χ0n) is 14.5. The van der Waals surface area contributed by atoms with Gasteiger partial charge >= 0.3 is 0 Å². The molecule has 1 aromatic heterocycles. The maximum absolute atomic E-state index is 12.4. The number of piperidine rings is 3. The van der Waals surface area contributed by atoms with Crippen LogP contribution in [0.2, 0.25) is 0 Å². The van der Waals surface area contributed by atoms with Gasteiger partial charge in [-0.25, -0.2) is 0 Å². The van der Waals surface area contributed by atoms with Gasteiger partial charge in [-0.15, -0.1) is 0 Å². The highest BCUT2D eigenvalue weighted by molar-refractivity contribution is 5.93. The van der Waals surface area contributed by atoms with Gasteiger partial charge in [0.25, 0.3) is 5.91 Å². The van der Waals surface area contributed by atoms with E-state index >= 15 is 0 Å². The second kappa shape index (κ2) is 6.88. The summed E-state index contributed by atoms with van der Waals surface area (Å²) in [5.74, 6) is 2.03. The van der Waals surface area contributed by atoms with Crippen LogP contribution in [0.3, 0.4) is 0 Å². The van der Waals surface area contributed by atoms with Crippen molar-refractivity contribution in [3.05, 3.63) is 36.0 Å². The standard InChI is InChI=1S/C19H24N4O2/c1-25-16-4-2-3-14(9-16)17-10-18(22-21-17)19(24)20-11-15-12-23-7-5-13(15)6-8-23/h2-4,9-10,13,15H,5-8,11-12H2,1H3,(H,20,24)(H,21,22). The molecule has 0 aliphatic carbocycles. The molecular weight excluding hydrogens is 316 g/mol. The molecule has 1 amide bonds. The first-order valence-electron chi connectivity index (χ1n) is 8.93. The highest BCUT2D eigenvalue weighted by atomic mass is 16.5. The van der Waals surface area contributed by atoms with E-state index in [2.05, 4.69) is 20.4 Å². The van der Waals surface area contributed by atoms with Crippen molar-refractivity contribution in [1.29, 1.82) is 0 Å². The van der Waals surface area contributed by atoms with Gasteiger partial charge < -0.3 is 15.0 Å². The van der Waals surface area contributed by atoms with E-state index in [0.717, 1.165) is 36.0 Å².